The van der Waals surface area contributed by atoms with Crippen LogP contribution in [0.1, 0.15) is 40.0 Å². The van der Waals surface area contributed by atoms with Crippen molar-refractivity contribution in [3.05, 3.63) is 24.3 Å². The summed E-state index contributed by atoms with van der Waals surface area (Å²) < 4.78 is 0.704. The van der Waals surface area contributed by atoms with E-state index in [-0.39, 0.29) is 0 Å². The molecule has 1 saturated heterocycles. The fraction of sp³-hybridized carbons (Fsp3) is 0.733. The van der Waals surface area contributed by atoms with Crippen LogP contribution in [-0.4, -0.2) is 16.1 Å². The highest BCUT2D eigenvalue weighted by Gasteiger charge is 2.14. The smallest absolute Gasteiger partial charge is 0.0682 e. The maximum atomic E-state index is 4.00. The van der Waals surface area contributed by atoms with Crippen LogP contribution in [0.5, 0.6) is 0 Å². The summed E-state index contributed by atoms with van der Waals surface area (Å²) in [5.74, 6) is 4.12. The van der Waals surface area contributed by atoms with Gasteiger partial charge in [0.2, 0.25) is 0 Å². The van der Waals surface area contributed by atoms with Gasteiger partial charge in [0.15, 0.2) is 0 Å². The van der Waals surface area contributed by atoms with Crippen LogP contribution in [0.2, 0.25) is 0 Å². The summed E-state index contributed by atoms with van der Waals surface area (Å²) in [4.78, 5) is 0. The Balaban J connectivity index is 2.41. The van der Waals surface area contributed by atoms with Crippen molar-refractivity contribution in [1.82, 2.24) is 0 Å². The molecule has 0 bridgehead atoms. The van der Waals surface area contributed by atoms with Crippen LogP contribution in [0.25, 0.3) is 0 Å². The average molecular weight is 271 g/mol. The topological polar surface area (TPSA) is 0 Å². The van der Waals surface area contributed by atoms with Gasteiger partial charge in [-0.15, -0.1) is 30.1 Å². The molecule has 1 aliphatic rings. The Kier molecular flexibility index (Phi) is 7.45. The van der Waals surface area contributed by atoms with E-state index in [9.17, 15) is 0 Å². The van der Waals surface area contributed by atoms with Gasteiger partial charge in [-0.25, -0.2) is 0 Å². The van der Waals surface area contributed by atoms with Gasteiger partial charge in [0, 0.05) is 0 Å². The van der Waals surface area contributed by atoms with Crippen molar-refractivity contribution in [2.75, 3.05) is 11.5 Å². The van der Waals surface area contributed by atoms with E-state index in [4.69, 9.17) is 0 Å². The normalized spacial score (nSPS) is 20.0. The third-order valence-corrected chi connectivity index (χ3v) is 5.97. The molecule has 0 N–H and O–H groups in total. The van der Waals surface area contributed by atoms with Crippen LogP contribution >= 0.6 is 23.5 Å². The first-order chi connectivity index (χ1) is 8.09. The molecule has 2 heteroatoms. The van der Waals surface area contributed by atoms with Gasteiger partial charge < -0.3 is 0 Å². The Labute approximate surface area is 116 Å². The van der Waals surface area contributed by atoms with E-state index in [1.807, 2.05) is 0 Å². The maximum Gasteiger partial charge on any atom is 0.0682 e. The lowest BCUT2D eigenvalue weighted by atomic mass is 9.90. The van der Waals surface area contributed by atoms with Gasteiger partial charge in [0.05, 0.1) is 4.58 Å². The highest BCUT2D eigenvalue weighted by Crippen LogP contribution is 2.32. The van der Waals surface area contributed by atoms with Crippen molar-refractivity contribution in [2.45, 2.75) is 44.6 Å². The Bertz CT molecular complexity index is 250. The summed E-state index contributed by atoms with van der Waals surface area (Å²) in [6.07, 6.45) is 8.70. The highest BCUT2D eigenvalue weighted by atomic mass is 32.2. The fourth-order valence-electron chi connectivity index (χ4n) is 1.92. The molecule has 98 valence electrons. The predicted octanol–water partition coefficient (Wildman–Crippen LogP) is 5.37. The third kappa shape index (κ3) is 6.61. The Hall–Kier alpha value is 0.180. The molecule has 0 unspecified atom stereocenters. The molecular formula is C15H26S2. The molecule has 0 spiro atoms. The zero-order chi connectivity index (χ0) is 12.7. The van der Waals surface area contributed by atoms with Gasteiger partial charge in [-0.1, -0.05) is 31.6 Å². The molecule has 0 aromatic heterocycles. The monoisotopic (exact) mass is 270 g/mol. The molecular weight excluding hydrogens is 244 g/mol. The lowest BCUT2D eigenvalue weighted by Gasteiger charge is -2.20. The number of hydrogen-bond donors (Lipinski definition) is 0. The fourth-order valence-corrected chi connectivity index (χ4v) is 4.55. The van der Waals surface area contributed by atoms with Gasteiger partial charge in [0.25, 0.3) is 0 Å². The molecule has 1 atom stereocenters. The molecule has 0 aliphatic carbocycles. The second-order valence-corrected chi connectivity index (χ2v) is 8.05. The van der Waals surface area contributed by atoms with Crippen LogP contribution in [0, 0.1) is 11.8 Å². The quantitative estimate of drug-likeness (QED) is 0.595. The summed E-state index contributed by atoms with van der Waals surface area (Å²) in [6.45, 7) is 10.8. The van der Waals surface area contributed by atoms with Gasteiger partial charge in [-0.05, 0) is 49.5 Å². The van der Waals surface area contributed by atoms with E-state index in [2.05, 4.69) is 63.0 Å². The predicted molar refractivity (Wildman–Crippen MR) is 84.8 cm³/mol. The van der Waals surface area contributed by atoms with Crippen LogP contribution in [-0.2, 0) is 0 Å². The second-order valence-electron chi connectivity index (χ2n) is 5.25. The van der Waals surface area contributed by atoms with Crippen molar-refractivity contribution < 1.29 is 0 Å². The molecule has 0 aromatic rings. The first-order valence-electron chi connectivity index (χ1n) is 6.65. The Morgan fingerprint density at radius 1 is 1.35 bits per heavy atom. The summed E-state index contributed by atoms with van der Waals surface area (Å²) in [5, 5.41) is 0. The molecule has 1 heterocycles. The minimum absolute atomic E-state index is 0.704. The van der Waals surface area contributed by atoms with Crippen LogP contribution in [0.3, 0.4) is 0 Å². The Morgan fingerprint density at radius 3 is 2.53 bits per heavy atom. The van der Waals surface area contributed by atoms with Gasteiger partial charge >= 0.3 is 0 Å². The van der Waals surface area contributed by atoms with Crippen molar-refractivity contribution in [3.63, 3.8) is 0 Å². The zero-order valence-corrected chi connectivity index (χ0v) is 13.1. The molecule has 17 heavy (non-hydrogen) atoms. The first-order valence-corrected chi connectivity index (χ1v) is 8.75. The van der Waals surface area contributed by atoms with Crippen LogP contribution in [0.15, 0.2) is 24.3 Å². The molecule has 1 rings (SSSR count). The van der Waals surface area contributed by atoms with E-state index in [0.717, 1.165) is 18.3 Å². The minimum Gasteiger partial charge on any atom is -0.143 e. The lowest BCUT2D eigenvalue weighted by Crippen LogP contribution is -2.08. The van der Waals surface area contributed by atoms with E-state index in [1.165, 1.54) is 29.9 Å². The van der Waals surface area contributed by atoms with E-state index < -0.39 is 0 Å². The maximum absolute atomic E-state index is 4.00. The number of hydrogen-bond acceptors (Lipinski definition) is 2. The van der Waals surface area contributed by atoms with Crippen molar-refractivity contribution in [1.29, 1.82) is 0 Å². The molecule has 0 nitrogen and oxygen atoms in total. The van der Waals surface area contributed by atoms with Gasteiger partial charge in [-0.3, -0.25) is 0 Å². The molecule has 1 fully saturated rings. The number of rotatable bonds is 6. The van der Waals surface area contributed by atoms with E-state index in [1.54, 1.807) is 0 Å². The first kappa shape index (κ1) is 15.2. The summed E-state index contributed by atoms with van der Waals surface area (Å²) in [7, 11) is 0. The Morgan fingerprint density at radius 2 is 2.00 bits per heavy atom. The SMILES string of the molecule is C=C(C)CC[C@H](/C=C/C1SCCCS1)C(C)C. The van der Waals surface area contributed by atoms with Crippen molar-refractivity contribution in [3.8, 4) is 0 Å². The molecule has 0 amide bonds. The standard InChI is InChI=1S/C15H26S2/c1-12(2)6-7-14(13(3)4)8-9-15-16-10-5-11-17-15/h8-9,13-15H,1,5-7,10-11H2,2-4H3/b9-8+/t14-/m1/s1. The van der Waals surface area contributed by atoms with Crippen molar-refractivity contribution >= 4 is 23.5 Å². The number of thioether (sulfide) groups is 2. The highest BCUT2D eigenvalue weighted by molar-refractivity contribution is 8.17. The van der Waals surface area contributed by atoms with E-state index in [0.29, 0.717) is 4.58 Å². The molecule has 0 aromatic carbocycles. The third-order valence-electron chi connectivity index (χ3n) is 3.13. The summed E-state index contributed by atoms with van der Waals surface area (Å²) in [5.41, 5.74) is 1.31. The zero-order valence-electron chi connectivity index (χ0n) is 11.4. The number of allylic oxidation sites excluding steroid dienone is 2. The summed E-state index contributed by atoms with van der Waals surface area (Å²) >= 11 is 4.20. The second kappa shape index (κ2) is 8.31. The summed E-state index contributed by atoms with van der Waals surface area (Å²) in [6, 6.07) is 0. The molecule has 0 radical (unpaired) electrons. The lowest BCUT2D eigenvalue weighted by molar-refractivity contribution is 0.436. The molecule has 1 aliphatic heterocycles. The largest absolute Gasteiger partial charge is 0.143 e. The van der Waals surface area contributed by atoms with Gasteiger partial charge in [-0.2, -0.15) is 0 Å². The molecule has 0 saturated carbocycles. The van der Waals surface area contributed by atoms with Gasteiger partial charge in [0.1, 0.15) is 0 Å². The minimum atomic E-state index is 0.704. The van der Waals surface area contributed by atoms with Crippen LogP contribution in [0.4, 0.5) is 0 Å². The van der Waals surface area contributed by atoms with E-state index >= 15 is 0 Å². The van der Waals surface area contributed by atoms with Crippen molar-refractivity contribution in [2.24, 2.45) is 11.8 Å². The van der Waals surface area contributed by atoms with Crippen LogP contribution < -0.4 is 0 Å². The average Bonchev–Trinajstić information content (AvgIpc) is 2.29.